The quantitative estimate of drug-likeness (QED) is 0.561. The van der Waals surface area contributed by atoms with Crippen LogP contribution in [0, 0.1) is 0 Å². The second kappa shape index (κ2) is 9.70. The molecule has 1 aromatic heterocycles. The Morgan fingerprint density at radius 1 is 1.12 bits per heavy atom. The van der Waals surface area contributed by atoms with E-state index >= 15 is 0 Å². The highest BCUT2D eigenvalue weighted by molar-refractivity contribution is 6.31. The van der Waals surface area contributed by atoms with Crippen LogP contribution >= 0.6 is 11.6 Å². The average Bonchev–Trinajstić information content (AvgIpc) is 3.28. The van der Waals surface area contributed by atoms with Crippen molar-refractivity contribution >= 4 is 29.2 Å². The lowest BCUT2D eigenvalue weighted by Gasteiger charge is -2.22. The summed E-state index contributed by atoms with van der Waals surface area (Å²) in [5.41, 5.74) is 2.62. The fraction of sp³-hybridized carbons (Fsp3) is 0.167. The smallest absolute Gasteiger partial charge is 0.341 e. The maximum Gasteiger partial charge on any atom is 0.341 e. The van der Waals surface area contributed by atoms with Crippen LogP contribution in [0.5, 0.6) is 11.5 Å². The summed E-state index contributed by atoms with van der Waals surface area (Å²) >= 11 is 6.46. The van der Waals surface area contributed by atoms with Gasteiger partial charge in [-0.1, -0.05) is 29.8 Å². The van der Waals surface area contributed by atoms with E-state index in [4.69, 9.17) is 26.2 Å². The lowest BCUT2D eigenvalue weighted by Crippen LogP contribution is -2.27. The number of benzene rings is 2. The van der Waals surface area contributed by atoms with Crippen molar-refractivity contribution in [1.82, 2.24) is 9.99 Å². The highest BCUT2D eigenvalue weighted by Crippen LogP contribution is 2.38. The molecule has 2 aromatic carbocycles. The van der Waals surface area contributed by atoms with Gasteiger partial charge in [-0.05, 0) is 42.0 Å². The number of carboxylic acid groups (broad SMARTS) is 1. The van der Waals surface area contributed by atoms with E-state index in [1.165, 1.54) is 12.1 Å². The maximum absolute atomic E-state index is 13.3. The molecule has 0 radical (unpaired) electrons. The minimum Gasteiger partial charge on any atom is -0.493 e. The number of methoxy groups -OCH3 is 1. The second-order valence-electron chi connectivity index (χ2n) is 7.22. The number of hydrogen-bond donors (Lipinski definition) is 1. The fourth-order valence-corrected chi connectivity index (χ4v) is 3.85. The van der Waals surface area contributed by atoms with Crippen molar-refractivity contribution in [1.29, 1.82) is 0 Å². The first-order valence-corrected chi connectivity index (χ1v) is 10.4. The number of rotatable bonds is 7. The zero-order chi connectivity index (χ0) is 23.4. The number of nitrogens with zero attached hydrogens (tertiary/aromatic N) is 3. The molecule has 1 N–H and O–H groups in total. The first-order chi connectivity index (χ1) is 16.0. The Bertz CT molecular complexity index is 1220. The van der Waals surface area contributed by atoms with Gasteiger partial charge in [0.05, 0.1) is 18.9 Å². The maximum atomic E-state index is 13.3. The zero-order valence-electron chi connectivity index (χ0n) is 17.6. The predicted octanol–water partition coefficient (Wildman–Crippen LogP) is 4.20. The highest BCUT2D eigenvalue weighted by Gasteiger charge is 2.35. The van der Waals surface area contributed by atoms with Gasteiger partial charge >= 0.3 is 5.97 Å². The predicted molar refractivity (Wildman–Crippen MR) is 122 cm³/mol. The fourth-order valence-electron chi connectivity index (χ4n) is 3.59. The SMILES string of the molecule is COc1cc(C2=NN(C(=O)c3ccncc3)C(c3ccccc3Cl)C2)ccc1OCC(=O)O. The average molecular weight is 466 g/mol. The molecular weight excluding hydrogens is 446 g/mol. The Kier molecular flexibility index (Phi) is 6.55. The molecule has 168 valence electrons. The summed E-state index contributed by atoms with van der Waals surface area (Å²) in [4.78, 5) is 28.1. The molecule has 33 heavy (non-hydrogen) atoms. The molecule has 2 heterocycles. The number of aliphatic carboxylic acids is 1. The molecular formula is C24H20ClN3O5. The van der Waals surface area contributed by atoms with Crippen LogP contribution in [-0.4, -0.2) is 46.4 Å². The topological polar surface area (TPSA) is 101 Å². The minimum atomic E-state index is -1.09. The summed E-state index contributed by atoms with van der Waals surface area (Å²) in [6, 6.07) is 15.3. The van der Waals surface area contributed by atoms with Crippen molar-refractivity contribution in [2.45, 2.75) is 12.5 Å². The van der Waals surface area contributed by atoms with Crippen LogP contribution in [0.3, 0.4) is 0 Å². The van der Waals surface area contributed by atoms with E-state index < -0.39 is 18.6 Å². The molecule has 0 saturated carbocycles. The largest absolute Gasteiger partial charge is 0.493 e. The van der Waals surface area contributed by atoms with Gasteiger partial charge in [-0.25, -0.2) is 9.80 Å². The van der Waals surface area contributed by atoms with E-state index in [0.29, 0.717) is 34.2 Å². The van der Waals surface area contributed by atoms with Crippen LogP contribution in [0.25, 0.3) is 0 Å². The van der Waals surface area contributed by atoms with Crippen LogP contribution in [0.1, 0.15) is 33.9 Å². The molecule has 4 rings (SSSR count). The van der Waals surface area contributed by atoms with E-state index in [1.54, 1.807) is 48.8 Å². The summed E-state index contributed by atoms with van der Waals surface area (Å²) in [5, 5.41) is 15.5. The second-order valence-corrected chi connectivity index (χ2v) is 7.63. The van der Waals surface area contributed by atoms with Crippen LogP contribution in [0.2, 0.25) is 5.02 Å². The van der Waals surface area contributed by atoms with E-state index in [0.717, 1.165) is 11.1 Å². The normalized spacial score (nSPS) is 15.2. The summed E-state index contributed by atoms with van der Waals surface area (Å²) in [6.07, 6.45) is 3.54. The molecule has 0 saturated heterocycles. The van der Waals surface area contributed by atoms with Crippen molar-refractivity contribution in [3.05, 3.63) is 88.7 Å². The highest BCUT2D eigenvalue weighted by atomic mass is 35.5. The molecule has 0 aliphatic carbocycles. The molecule has 1 unspecified atom stereocenters. The van der Waals surface area contributed by atoms with Gasteiger partial charge in [0, 0.05) is 35.0 Å². The Hall–Kier alpha value is -3.91. The number of hydrogen-bond acceptors (Lipinski definition) is 6. The van der Waals surface area contributed by atoms with Crippen LogP contribution in [0.15, 0.2) is 72.1 Å². The lowest BCUT2D eigenvalue weighted by atomic mass is 9.98. The van der Waals surface area contributed by atoms with E-state index in [-0.39, 0.29) is 5.91 Å². The molecule has 1 aliphatic rings. The summed E-state index contributed by atoms with van der Waals surface area (Å²) < 4.78 is 10.6. The van der Waals surface area contributed by atoms with E-state index in [1.807, 2.05) is 18.2 Å². The summed E-state index contributed by atoms with van der Waals surface area (Å²) in [7, 11) is 1.47. The van der Waals surface area contributed by atoms with Crippen LogP contribution in [0.4, 0.5) is 0 Å². The van der Waals surface area contributed by atoms with Gasteiger partial charge in [0.1, 0.15) is 0 Å². The standard InChI is InChI=1S/C24H20ClN3O5/c1-32-22-12-16(6-7-21(22)33-14-23(29)30)19-13-20(17-4-2-3-5-18(17)25)28(27-19)24(31)15-8-10-26-11-9-15/h2-12,20H,13-14H2,1H3,(H,29,30). The molecule has 1 atom stereocenters. The Morgan fingerprint density at radius 2 is 1.88 bits per heavy atom. The first kappa shape index (κ1) is 22.3. The molecule has 0 bridgehead atoms. The van der Waals surface area contributed by atoms with Gasteiger partial charge in [-0.15, -0.1) is 0 Å². The summed E-state index contributed by atoms with van der Waals surface area (Å²) in [5.74, 6) is -0.695. The van der Waals surface area contributed by atoms with Crippen molar-refractivity contribution in [3.63, 3.8) is 0 Å². The Morgan fingerprint density at radius 3 is 2.58 bits per heavy atom. The third kappa shape index (κ3) is 4.80. The third-order valence-corrected chi connectivity index (χ3v) is 5.50. The number of carbonyl (C=O) groups excluding carboxylic acids is 1. The van der Waals surface area contributed by atoms with Crippen LogP contribution in [-0.2, 0) is 4.79 Å². The first-order valence-electron chi connectivity index (χ1n) is 10.1. The monoisotopic (exact) mass is 465 g/mol. The van der Waals surface area contributed by atoms with Gasteiger partial charge in [0.2, 0.25) is 0 Å². The van der Waals surface area contributed by atoms with Crippen molar-refractivity contribution < 1.29 is 24.2 Å². The molecule has 0 spiro atoms. The number of amides is 1. The molecule has 1 aliphatic heterocycles. The number of ether oxygens (including phenoxy) is 2. The summed E-state index contributed by atoms with van der Waals surface area (Å²) in [6.45, 7) is -0.487. The minimum absolute atomic E-state index is 0.273. The Labute approximate surface area is 195 Å². The molecule has 3 aromatic rings. The molecule has 0 fully saturated rings. The number of aromatic nitrogens is 1. The third-order valence-electron chi connectivity index (χ3n) is 5.16. The van der Waals surface area contributed by atoms with Gasteiger partial charge in [0.15, 0.2) is 18.1 Å². The molecule has 1 amide bonds. The van der Waals surface area contributed by atoms with Crippen molar-refractivity contribution in [2.24, 2.45) is 5.10 Å². The van der Waals surface area contributed by atoms with Gasteiger partial charge in [-0.2, -0.15) is 5.10 Å². The Balaban J connectivity index is 1.71. The molecule has 9 heteroatoms. The lowest BCUT2D eigenvalue weighted by molar-refractivity contribution is -0.139. The van der Waals surface area contributed by atoms with Gasteiger partial charge in [0.25, 0.3) is 5.91 Å². The number of hydrazone groups is 1. The van der Waals surface area contributed by atoms with Crippen molar-refractivity contribution in [3.8, 4) is 11.5 Å². The number of pyridine rings is 1. The van der Waals surface area contributed by atoms with Crippen molar-refractivity contribution in [2.75, 3.05) is 13.7 Å². The van der Waals surface area contributed by atoms with Gasteiger partial charge in [-0.3, -0.25) is 9.78 Å². The van der Waals surface area contributed by atoms with Gasteiger partial charge < -0.3 is 14.6 Å². The number of carbonyl (C=O) groups is 2. The van der Waals surface area contributed by atoms with Crippen LogP contribution < -0.4 is 9.47 Å². The van der Waals surface area contributed by atoms with E-state index in [2.05, 4.69) is 10.1 Å². The van der Waals surface area contributed by atoms with E-state index in [9.17, 15) is 9.59 Å². The molecule has 8 nitrogen and oxygen atoms in total. The number of halogens is 1. The zero-order valence-corrected chi connectivity index (χ0v) is 18.4. The number of carboxylic acids is 1.